The highest BCUT2D eigenvalue weighted by Gasteiger charge is 2.08. The number of hydrogen-bond acceptors (Lipinski definition) is 5. The number of nitrogens with one attached hydrogen (secondary N) is 1. The molecule has 0 aliphatic heterocycles. The van der Waals surface area contributed by atoms with Crippen LogP contribution in [0, 0.1) is 6.92 Å². The van der Waals surface area contributed by atoms with Crippen LogP contribution in [0.4, 0.5) is 11.4 Å². The molecule has 0 aliphatic carbocycles. The summed E-state index contributed by atoms with van der Waals surface area (Å²) in [6.45, 7) is 8.19. The number of aryl methyl sites for hydroxylation is 1. The highest BCUT2D eigenvalue weighted by molar-refractivity contribution is 5.65. The monoisotopic (exact) mass is 193 g/mol. The van der Waals surface area contributed by atoms with Crippen LogP contribution in [-0.2, 0) is 0 Å². The predicted octanol–water partition coefficient (Wildman–Crippen LogP) is 0.230. The fraction of sp³-hybridized carbons (Fsp3) is 0.125. The maximum absolute atomic E-state index is 11.6. The summed E-state index contributed by atoms with van der Waals surface area (Å²) in [7, 11) is 0. The second-order valence-electron chi connectivity index (χ2n) is 2.64. The van der Waals surface area contributed by atoms with Crippen LogP contribution in [0.15, 0.2) is 21.1 Å². The van der Waals surface area contributed by atoms with Crippen LogP contribution in [0.1, 0.15) is 5.69 Å². The van der Waals surface area contributed by atoms with Gasteiger partial charge in [-0.15, -0.1) is 0 Å². The van der Waals surface area contributed by atoms with Gasteiger partial charge < -0.3 is 5.73 Å². The molecule has 0 fully saturated rings. The van der Waals surface area contributed by atoms with Crippen molar-refractivity contribution in [3.63, 3.8) is 0 Å². The number of hydrogen-bond donors (Lipinski definition) is 2. The van der Waals surface area contributed by atoms with Crippen molar-refractivity contribution in [3.05, 3.63) is 22.1 Å². The van der Waals surface area contributed by atoms with Crippen LogP contribution in [0.3, 0.4) is 0 Å². The molecule has 0 amide bonds. The van der Waals surface area contributed by atoms with E-state index in [2.05, 4.69) is 29.1 Å². The minimum atomic E-state index is -0.398. The number of nitrogens with zero attached hydrogens (tertiary/aromatic N) is 3. The van der Waals surface area contributed by atoms with Gasteiger partial charge in [0.15, 0.2) is 0 Å². The lowest BCUT2D eigenvalue weighted by Gasteiger charge is -2.08. The van der Waals surface area contributed by atoms with Crippen molar-refractivity contribution in [3.8, 4) is 0 Å². The Balaban J connectivity index is 3.51. The number of hydrazone groups is 1. The second-order valence-corrected chi connectivity index (χ2v) is 2.64. The van der Waals surface area contributed by atoms with Crippen molar-refractivity contribution in [2.24, 2.45) is 10.2 Å². The average Bonchev–Trinajstić information content (AvgIpc) is 2.12. The van der Waals surface area contributed by atoms with Crippen molar-refractivity contribution in [1.82, 2.24) is 4.68 Å². The minimum absolute atomic E-state index is 0.151. The molecular weight excluding hydrogens is 182 g/mol. The topological polar surface area (TPSA) is 84.8 Å². The molecule has 0 radical (unpaired) electrons. The fourth-order valence-corrected chi connectivity index (χ4v) is 1.12. The largest absolute Gasteiger partial charge is 0.397 e. The highest BCUT2D eigenvalue weighted by atomic mass is 16.1. The maximum Gasteiger partial charge on any atom is 0.298 e. The van der Waals surface area contributed by atoms with Crippen LogP contribution in [0.25, 0.3) is 0 Å². The molecule has 0 unspecified atom stereocenters. The summed E-state index contributed by atoms with van der Waals surface area (Å²) in [5.74, 6) is 0. The first-order valence-electron chi connectivity index (χ1n) is 3.82. The molecule has 14 heavy (non-hydrogen) atoms. The first kappa shape index (κ1) is 9.97. The Morgan fingerprint density at radius 2 is 2.21 bits per heavy atom. The van der Waals surface area contributed by atoms with Crippen LogP contribution in [0.5, 0.6) is 0 Å². The van der Waals surface area contributed by atoms with E-state index in [1.165, 1.54) is 0 Å². The molecule has 0 saturated carbocycles. The van der Waals surface area contributed by atoms with Gasteiger partial charge in [0.2, 0.25) is 0 Å². The van der Waals surface area contributed by atoms with Gasteiger partial charge >= 0.3 is 0 Å². The van der Waals surface area contributed by atoms with Gasteiger partial charge in [-0.05, 0) is 13.0 Å². The zero-order chi connectivity index (χ0) is 10.7. The van der Waals surface area contributed by atoms with Crippen LogP contribution in [0.2, 0.25) is 0 Å². The average molecular weight is 193 g/mol. The van der Waals surface area contributed by atoms with Crippen LogP contribution >= 0.6 is 0 Å². The normalized spacial score (nSPS) is 9.50. The Morgan fingerprint density at radius 3 is 2.71 bits per heavy atom. The van der Waals surface area contributed by atoms with Gasteiger partial charge in [-0.3, -0.25) is 10.2 Å². The summed E-state index contributed by atoms with van der Waals surface area (Å²) in [4.78, 5) is 11.6. The number of nitrogens with two attached hydrogens (primary N) is 1. The minimum Gasteiger partial charge on any atom is -0.397 e. The smallest absolute Gasteiger partial charge is 0.298 e. The molecular formula is C8H11N5O. The molecule has 6 nitrogen and oxygen atoms in total. The third-order valence-electron chi connectivity index (χ3n) is 1.73. The van der Waals surface area contributed by atoms with Crippen LogP contribution in [-0.4, -0.2) is 18.1 Å². The summed E-state index contributed by atoms with van der Waals surface area (Å²) in [6, 6.07) is 1.60. The fourth-order valence-electron chi connectivity index (χ4n) is 1.12. The van der Waals surface area contributed by atoms with E-state index in [9.17, 15) is 4.79 Å². The van der Waals surface area contributed by atoms with Gasteiger partial charge in [-0.1, -0.05) is 0 Å². The molecule has 1 aromatic rings. The third kappa shape index (κ3) is 1.49. The summed E-state index contributed by atoms with van der Waals surface area (Å²) < 4.78 is 1.13. The third-order valence-corrected chi connectivity index (χ3v) is 1.73. The summed E-state index contributed by atoms with van der Waals surface area (Å²) >= 11 is 0. The summed E-state index contributed by atoms with van der Waals surface area (Å²) in [5.41, 5.74) is 8.69. The molecule has 0 atom stereocenters. The van der Waals surface area contributed by atoms with E-state index < -0.39 is 5.56 Å². The van der Waals surface area contributed by atoms with E-state index in [1.54, 1.807) is 13.0 Å². The Kier molecular flexibility index (Phi) is 2.66. The number of pyridine rings is 1. The van der Waals surface area contributed by atoms with Crippen molar-refractivity contribution >= 4 is 24.8 Å². The van der Waals surface area contributed by atoms with Crippen molar-refractivity contribution in [2.45, 2.75) is 6.92 Å². The van der Waals surface area contributed by atoms with Gasteiger partial charge in [0.1, 0.15) is 5.69 Å². The van der Waals surface area contributed by atoms with Crippen molar-refractivity contribution in [2.75, 3.05) is 11.2 Å². The van der Waals surface area contributed by atoms with E-state index in [-0.39, 0.29) is 5.69 Å². The molecule has 1 aromatic heterocycles. The molecule has 3 N–H and O–H groups in total. The first-order chi connectivity index (χ1) is 6.61. The quantitative estimate of drug-likeness (QED) is 0.532. The van der Waals surface area contributed by atoms with Gasteiger partial charge in [-0.2, -0.15) is 10.2 Å². The van der Waals surface area contributed by atoms with Gasteiger partial charge in [0, 0.05) is 19.1 Å². The maximum atomic E-state index is 11.6. The van der Waals surface area contributed by atoms with E-state index in [0.717, 1.165) is 4.68 Å². The van der Waals surface area contributed by atoms with E-state index in [4.69, 9.17) is 5.73 Å². The zero-order valence-electron chi connectivity index (χ0n) is 7.82. The molecule has 1 rings (SSSR count). The van der Waals surface area contributed by atoms with E-state index >= 15 is 0 Å². The number of rotatable bonds is 3. The second kappa shape index (κ2) is 3.73. The highest BCUT2D eigenvalue weighted by Crippen LogP contribution is 2.14. The molecule has 0 saturated heterocycles. The Labute approximate surface area is 80.7 Å². The Bertz CT molecular complexity index is 434. The lowest BCUT2D eigenvalue weighted by molar-refractivity contribution is 0.800. The lowest BCUT2D eigenvalue weighted by atomic mass is 10.3. The number of aromatic nitrogens is 1. The zero-order valence-corrected chi connectivity index (χ0v) is 7.82. The molecule has 0 spiro atoms. The lowest BCUT2D eigenvalue weighted by Crippen LogP contribution is -2.22. The van der Waals surface area contributed by atoms with Crippen molar-refractivity contribution < 1.29 is 0 Å². The predicted molar refractivity (Wildman–Crippen MR) is 58.0 cm³/mol. The number of anilines is 2. The number of nitrogen functional groups attached to an aromatic ring is 1. The molecule has 6 heteroatoms. The molecule has 1 heterocycles. The van der Waals surface area contributed by atoms with Crippen molar-refractivity contribution in [1.29, 1.82) is 0 Å². The molecule has 0 bridgehead atoms. The van der Waals surface area contributed by atoms with Crippen LogP contribution < -0.4 is 16.7 Å². The van der Waals surface area contributed by atoms with E-state index in [1.807, 2.05) is 0 Å². The Morgan fingerprint density at radius 1 is 1.57 bits per heavy atom. The van der Waals surface area contributed by atoms with E-state index in [0.29, 0.717) is 11.4 Å². The standard InChI is InChI=1S/C8H11N5O/c1-5-4-6(9)7(12-10-2)8(14)13(5)11-3/h4,12H,2-3,9H2,1H3. The molecule has 74 valence electrons. The molecule has 0 aliphatic rings. The Hall–Kier alpha value is -2.11. The van der Waals surface area contributed by atoms with Gasteiger partial charge in [0.25, 0.3) is 5.56 Å². The SMILES string of the molecule is C=NNc1c(N)cc(C)n(N=C)c1=O. The molecule has 0 aromatic carbocycles. The van der Waals surface area contributed by atoms with Gasteiger partial charge in [-0.25, -0.2) is 4.68 Å². The first-order valence-corrected chi connectivity index (χ1v) is 3.82. The summed E-state index contributed by atoms with van der Waals surface area (Å²) in [5, 5.41) is 6.93. The van der Waals surface area contributed by atoms with Gasteiger partial charge in [0.05, 0.1) is 5.69 Å². The summed E-state index contributed by atoms with van der Waals surface area (Å²) in [6.07, 6.45) is 0.